The van der Waals surface area contributed by atoms with E-state index in [2.05, 4.69) is 5.32 Å². The fourth-order valence-electron chi connectivity index (χ4n) is 3.45. The van der Waals surface area contributed by atoms with Crippen LogP contribution in [0.1, 0.15) is 32.1 Å². The summed E-state index contributed by atoms with van der Waals surface area (Å²) in [5.74, 6) is 2.69. The zero-order valence-corrected chi connectivity index (χ0v) is 12.9. The van der Waals surface area contributed by atoms with Gasteiger partial charge in [-0.2, -0.15) is 11.8 Å². The van der Waals surface area contributed by atoms with Gasteiger partial charge in [-0.1, -0.05) is 0 Å². The topological polar surface area (TPSA) is 47.6 Å². The summed E-state index contributed by atoms with van der Waals surface area (Å²) in [7, 11) is 0. The summed E-state index contributed by atoms with van der Waals surface area (Å²) in [6, 6.07) is 0. The first-order valence-electron chi connectivity index (χ1n) is 7.84. The lowest BCUT2D eigenvalue weighted by atomic mass is 9.83. The molecule has 2 unspecified atom stereocenters. The smallest absolute Gasteiger partial charge is 0.161 e. The van der Waals surface area contributed by atoms with Crippen molar-refractivity contribution in [1.82, 2.24) is 5.32 Å². The quantitative estimate of drug-likeness (QED) is 0.855. The summed E-state index contributed by atoms with van der Waals surface area (Å²) in [5.41, 5.74) is -0.00198. The largest absolute Gasteiger partial charge is 0.374 e. The molecule has 3 saturated heterocycles. The summed E-state index contributed by atoms with van der Waals surface area (Å²) in [6.45, 7) is 3.07. The first-order chi connectivity index (χ1) is 9.77. The molecule has 0 aromatic heterocycles. The Labute approximate surface area is 125 Å². The van der Waals surface area contributed by atoms with Crippen molar-refractivity contribution < 1.29 is 14.3 Å². The van der Waals surface area contributed by atoms with Gasteiger partial charge in [-0.15, -0.1) is 0 Å². The van der Waals surface area contributed by atoms with Gasteiger partial charge in [0.1, 0.15) is 6.61 Å². The summed E-state index contributed by atoms with van der Waals surface area (Å²) < 4.78 is 11.8. The second-order valence-electron chi connectivity index (χ2n) is 6.25. The molecule has 0 aromatic carbocycles. The van der Waals surface area contributed by atoms with E-state index < -0.39 is 0 Å². The van der Waals surface area contributed by atoms with Gasteiger partial charge in [0, 0.05) is 18.3 Å². The van der Waals surface area contributed by atoms with Crippen LogP contribution in [0.3, 0.4) is 0 Å². The van der Waals surface area contributed by atoms with Gasteiger partial charge in [-0.05, 0) is 50.9 Å². The number of rotatable bonds is 4. The number of hydrogen-bond donors (Lipinski definition) is 1. The molecule has 0 bridgehead atoms. The van der Waals surface area contributed by atoms with Crippen LogP contribution in [0.4, 0.5) is 0 Å². The third-order valence-corrected chi connectivity index (χ3v) is 5.99. The van der Waals surface area contributed by atoms with Gasteiger partial charge < -0.3 is 14.8 Å². The van der Waals surface area contributed by atoms with Gasteiger partial charge in [0.2, 0.25) is 0 Å². The summed E-state index contributed by atoms with van der Waals surface area (Å²) >= 11 is 1.95. The second kappa shape index (κ2) is 6.77. The standard InChI is InChI=1S/C15H25NO3S/c17-14(10-18-13-1-5-16-6-2-13)12-3-7-19-15(9-12)4-8-20-11-15/h12-13,16H,1-11H2. The van der Waals surface area contributed by atoms with Crippen LogP contribution in [0, 0.1) is 5.92 Å². The first kappa shape index (κ1) is 14.8. The molecule has 0 aromatic rings. The Bertz CT molecular complexity index is 338. The molecule has 3 heterocycles. The highest BCUT2D eigenvalue weighted by molar-refractivity contribution is 7.99. The maximum absolute atomic E-state index is 12.4. The Morgan fingerprint density at radius 2 is 2.20 bits per heavy atom. The van der Waals surface area contributed by atoms with E-state index in [-0.39, 0.29) is 17.6 Å². The molecular weight excluding hydrogens is 274 g/mol. The van der Waals surface area contributed by atoms with Crippen molar-refractivity contribution >= 4 is 17.5 Å². The van der Waals surface area contributed by atoms with E-state index in [4.69, 9.17) is 9.47 Å². The van der Waals surface area contributed by atoms with Crippen molar-refractivity contribution in [1.29, 1.82) is 0 Å². The number of thioether (sulfide) groups is 1. The van der Waals surface area contributed by atoms with Crippen LogP contribution >= 0.6 is 11.8 Å². The van der Waals surface area contributed by atoms with Gasteiger partial charge in [0.15, 0.2) is 5.78 Å². The summed E-state index contributed by atoms with van der Waals surface area (Å²) in [6.07, 6.45) is 5.23. The normalized spacial score (nSPS) is 35.5. The number of ketones is 1. The molecule has 20 heavy (non-hydrogen) atoms. The number of carbonyl (C=O) groups excluding carboxylic acids is 1. The zero-order chi connectivity index (χ0) is 13.8. The second-order valence-corrected chi connectivity index (χ2v) is 7.36. The van der Waals surface area contributed by atoms with Gasteiger partial charge >= 0.3 is 0 Å². The van der Waals surface area contributed by atoms with Crippen molar-refractivity contribution in [3.05, 3.63) is 0 Å². The average molecular weight is 299 g/mol. The Morgan fingerprint density at radius 3 is 2.95 bits per heavy atom. The number of Topliss-reactive ketones (excluding diaryl/α,β-unsaturated/α-hetero) is 1. The summed E-state index contributed by atoms with van der Waals surface area (Å²) in [5, 5.41) is 3.31. The number of piperidine rings is 1. The van der Waals surface area contributed by atoms with E-state index in [1.165, 1.54) is 5.75 Å². The van der Waals surface area contributed by atoms with Gasteiger partial charge in [0.05, 0.1) is 11.7 Å². The average Bonchev–Trinajstić information content (AvgIpc) is 2.93. The SMILES string of the molecule is O=C(COC1CCNCC1)C1CCOC2(CCSC2)C1. The van der Waals surface area contributed by atoms with Gasteiger partial charge in [-0.3, -0.25) is 4.79 Å². The van der Waals surface area contributed by atoms with E-state index in [9.17, 15) is 4.79 Å². The maximum atomic E-state index is 12.4. The van der Waals surface area contributed by atoms with Crippen LogP contribution in [-0.2, 0) is 14.3 Å². The molecule has 0 radical (unpaired) electrons. The van der Waals surface area contributed by atoms with E-state index >= 15 is 0 Å². The fraction of sp³-hybridized carbons (Fsp3) is 0.933. The molecular formula is C15H25NO3S. The molecule has 1 spiro atoms. The lowest BCUT2D eigenvalue weighted by Gasteiger charge is -2.37. The highest BCUT2D eigenvalue weighted by Gasteiger charge is 2.42. The molecule has 0 amide bonds. The predicted molar refractivity (Wildman–Crippen MR) is 80.2 cm³/mol. The molecule has 1 N–H and O–H groups in total. The maximum Gasteiger partial charge on any atom is 0.161 e. The van der Waals surface area contributed by atoms with Crippen LogP contribution in [0.2, 0.25) is 0 Å². The zero-order valence-electron chi connectivity index (χ0n) is 12.1. The minimum absolute atomic E-state index is 0.00198. The Morgan fingerprint density at radius 1 is 1.35 bits per heavy atom. The van der Waals surface area contributed by atoms with Crippen molar-refractivity contribution in [3.8, 4) is 0 Å². The van der Waals surface area contributed by atoms with Crippen LogP contribution in [0.25, 0.3) is 0 Å². The minimum Gasteiger partial charge on any atom is -0.374 e. The molecule has 4 nitrogen and oxygen atoms in total. The van der Waals surface area contributed by atoms with Crippen LogP contribution in [0.15, 0.2) is 0 Å². The highest BCUT2D eigenvalue weighted by Crippen LogP contribution is 2.40. The Balaban J connectivity index is 1.46. The molecule has 0 aliphatic carbocycles. The molecule has 2 atom stereocenters. The monoisotopic (exact) mass is 299 g/mol. The third kappa shape index (κ3) is 3.56. The minimum atomic E-state index is -0.00198. The fourth-order valence-corrected chi connectivity index (χ4v) is 4.82. The van der Waals surface area contributed by atoms with Crippen LogP contribution < -0.4 is 5.32 Å². The molecule has 114 valence electrons. The first-order valence-corrected chi connectivity index (χ1v) is 9.00. The van der Waals surface area contributed by atoms with E-state index in [0.29, 0.717) is 12.4 Å². The van der Waals surface area contributed by atoms with Crippen molar-refractivity contribution in [2.24, 2.45) is 5.92 Å². The molecule has 3 fully saturated rings. The Kier molecular flexibility index (Phi) is 5.02. The summed E-state index contributed by atoms with van der Waals surface area (Å²) in [4.78, 5) is 12.4. The van der Waals surface area contributed by atoms with Crippen molar-refractivity contribution in [2.75, 3.05) is 37.8 Å². The van der Waals surface area contributed by atoms with Crippen LogP contribution in [-0.4, -0.2) is 55.3 Å². The number of hydrogen-bond acceptors (Lipinski definition) is 5. The predicted octanol–water partition coefficient (Wildman–Crippen LogP) is 1.63. The highest BCUT2D eigenvalue weighted by atomic mass is 32.2. The molecule has 5 heteroatoms. The third-order valence-electron chi connectivity index (χ3n) is 4.76. The van der Waals surface area contributed by atoms with E-state index in [1.807, 2.05) is 11.8 Å². The van der Waals surface area contributed by atoms with E-state index in [1.54, 1.807) is 0 Å². The van der Waals surface area contributed by atoms with Crippen molar-refractivity contribution in [2.45, 2.75) is 43.8 Å². The molecule has 3 rings (SSSR count). The van der Waals surface area contributed by atoms with Gasteiger partial charge in [0.25, 0.3) is 0 Å². The van der Waals surface area contributed by atoms with E-state index in [0.717, 1.165) is 57.6 Å². The number of ether oxygens (including phenoxy) is 2. The molecule has 3 aliphatic rings. The van der Waals surface area contributed by atoms with Gasteiger partial charge in [-0.25, -0.2) is 0 Å². The number of carbonyl (C=O) groups is 1. The van der Waals surface area contributed by atoms with Crippen molar-refractivity contribution in [3.63, 3.8) is 0 Å². The lowest BCUT2D eigenvalue weighted by molar-refractivity contribution is -0.140. The van der Waals surface area contributed by atoms with Crippen LogP contribution in [0.5, 0.6) is 0 Å². The lowest BCUT2D eigenvalue weighted by Crippen LogP contribution is -2.43. The Hall–Kier alpha value is -0.100. The number of nitrogens with one attached hydrogen (secondary N) is 1. The molecule has 0 saturated carbocycles. The molecule has 3 aliphatic heterocycles.